The van der Waals surface area contributed by atoms with Crippen LogP contribution in [0.2, 0.25) is 0 Å². The quantitative estimate of drug-likeness (QED) is 0.847. The maximum atomic E-state index is 12.9. The van der Waals surface area contributed by atoms with Crippen molar-refractivity contribution in [2.75, 3.05) is 18.0 Å². The van der Waals surface area contributed by atoms with E-state index >= 15 is 0 Å². The average molecular weight is 327 g/mol. The maximum Gasteiger partial charge on any atom is 0.433 e. The summed E-state index contributed by atoms with van der Waals surface area (Å²) in [5.41, 5.74) is 3.67. The Morgan fingerprint density at radius 3 is 2.32 bits per heavy atom. The molecular formula is C12H11F6N3O. The van der Waals surface area contributed by atoms with Crippen LogP contribution < -0.4 is 10.6 Å². The largest absolute Gasteiger partial charge is 0.433 e. The van der Waals surface area contributed by atoms with Crippen molar-refractivity contribution in [2.24, 2.45) is 17.6 Å². The molecule has 2 rings (SSSR count). The van der Waals surface area contributed by atoms with Gasteiger partial charge < -0.3 is 10.6 Å². The van der Waals surface area contributed by atoms with Gasteiger partial charge in [0.05, 0.1) is 11.8 Å². The van der Waals surface area contributed by atoms with Gasteiger partial charge in [0.25, 0.3) is 0 Å². The van der Waals surface area contributed by atoms with Crippen LogP contribution in [-0.4, -0.2) is 30.2 Å². The molecule has 1 fully saturated rings. The first-order valence-corrected chi connectivity index (χ1v) is 6.14. The highest BCUT2D eigenvalue weighted by atomic mass is 19.4. The molecule has 1 aliphatic rings. The summed E-state index contributed by atoms with van der Waals surface area (Å²) in [5, 5.41) is 0. The number of nitrogens with zero attached hydrogens (tertiary/aromatic N) is 2. The topological polar surface area (TPSA) is 59.2 Å². The number of alkyl halides is 6. The number of primary amides is 1. The normalized spacial score (nSPS) is 22.9. The van der Waals surface area contributed by atoms with Crippen molar-refractivity contribution in [1.82, 2.24) is 4.98 Å². The maximum absolute atomic E-state index is 12.9. The molecule has 10 heteroatoms. The Hall–Kier alpha value is -2.00. The van der Waals surface area contributed by atoms with Crippen LogP contribution in [0.4, 0.5) is 32.0 Å². The van der Waals surface area contributed by atoms with Gasteiger partial charge in [-0.3, -0.25) is 9.78 Å². The van der Waals surface area contributed by atoms with Gasteiger partial charge in [-0.25, -0.2) is 0 Å². The standard InChI is InChI=1S/C12H11F6N3O/c13-11(14,15)8-5-21(4-7(8)10(19)22)6-1-2-20-9(3-6)12(16,17)18/h1-3,7-8H,4-5H2,(H2,19,22)/t7-,8-/m1/s1. The van der Waals surface area contributed by atoms with Gasteiger partial charge >= 0.3 is 12.4 Å². The summed E-state index contributed by atoms with van der Waals surface area (Å²) in [6.45, 7) is -1.01. The fourth-order valence-electron chi connectivity index (χ4n) is 2.41. The Morgan fingerprint density at radius 2 is 1.86 bits per heavy atom. The summed E-state index contributed by atoms with van der Waals surface area (Å²) in [6, 6.07) is 1.81. The van der Waals surface area contributed by atoms with E-state index in [0.29, 0.717) is 6.07 Å². The molecule has 2 atom stereocenters. The summed E-state index contributed by atoms with van der Waals surface area (Å²) in [4.78, 5) is 15.4. The molecule has 1 amide bonds. The van der Waals surface area contributed by atoms with Crippen LogP contribution in [0.25, 0.3) is 0 Å². The minimum Gasteiger partial charge on any atom is -0.370 e. The van der Waals surface area contributed by atoms with Gasteiger partial charge in [-0.1, -0.05) is 0 Å². The van der Waals surface area contributed by atoms with E-state index < -0.39 is 42.3 Å². The molecule has 22 heavy (non-hydrogen) atoms. The van der Waals surface area contributed by atoms with Crippen LogP contribution in [0.5, 0.6) is 0 Å². The third-order valence-corrected chi connectivity index (χ3v) is 3.50. The zero-order valence-electron chi connectivity index (χ0n) is 10.9. The van der Waals surface area contributed by atoms with Gasteiger partial charge in [-0.2, -0.15) is 26.3 Å². The highest BCUT2D eigenvalue weighted by Gasteiger charge is 2.52. The predicted octanol–water partition coefficient (Wildman–Crippen LogP) is 2.20. The predicted molar refractivity (Wildman–Crippen MR) is 63.7 cm³/mol. The van der Waals surface area contributed by atoms with Crippen molar-refractivity contribution in [3.05, 3.63) is 24.0 Å². The monoisotopic (exact) mass is 327 g/mol. The summed E-state index contributed by atoms with van der Waals surface area (Å²) < 4.78 is 76.5. The molecule has 0 bridgehead atoms. The minimum absolute atomic E-state index is 0.0830. The fraction of sp³-hybridized carbons (Fsp3) is 0.500. The van der Waals surface area contributed by atoms with E-state index in [4.69, 9.17) is 5.73 Å². The Morgan fingerprint density at radius 1 is 1.23 bits per heavy atom. The van der Waals surface area contributed by atoms with Crippen LogP contribution >= 0.6 is 0 Å². The lowest BCUT2D eigenvalue weighted by atomic mass is 9.95. The number of halogens is 6. The molecule has 2 heterocycles. The van der Waals surface area contributed by atoms with Crippen molar-refractivity contribution in [2.45, 2.75) is 12.4 Å². The van der Waals surface area contributed by atoms with E-state index in [1.165, 1.54) is 0 Å². The van der Waals surface area contributed by atoms with Gasteiger partial charge in [0.2, 0.25) is 5.91 Å². The van der Waals surface area contributed by atoms with Crippen LogP contribution in [-0.2, 0) is 11.0 Å². The van der Waals surface area contributed by atoms with Gasteiger partial charge in [-0.05, 0) is 12.1 Å². The number of carbonyl (C=O) groups is 1. The third kappa shape index (κ3) is 3.25. The summed E-state index contributed by atoms with van der Waals surface area (Å²) in [6.07, 6.45) is -8.51. The molecule has 1 aromatic rings. The van der Waals surface area contributed by atoms with E-state index in [1.54, 1.807) is 0 Å². The van der Waals surface area contributed by atoms with Crippen LogP contribution in [0, 0.1) is 11.8 Å². The van der Waals surface area contributed by atoms with Crippen molar-refractivity contribution in [1.29, 1.82) is 0 Å². The average Bonchev–Trinajstić information content (AvgIpc) is 2.83. The first kappa shape index (κ1) is 16.4. The van der Waals surface area contributed by atoms with Gasteiger partial charge in [0, 0.05) is 25.0 Å². The minimum atomic E-state index is -4.71. The fourth-order valence-corrected chi connectivity index (χ4v) is 2.41. The molecular weight excluding hydrogens is 316 g/mol. The molecule has 0 saturated carbocycles. The Balaban J connectivity index is 2.30. The molecule has 1 saturated heterocycles. The van der Waals surface area contributed by atoms with Crippen LogP contribution in [0.15, 0.2) is 18.3 Å². The van der Waals surface area contributed by atoms with Gasteiger partial charge in [-0.15, -0.1) is 0 Å². The zero-order valence-corrected chi connectivity index (χ0v) is 10.9. The number of carbonyl (C=O) groups excluding carboxylic acids is 1. The van der Waals surface area contributed by atoms with Gasteiger partial charge in [0.15, 0.2) is 0 Å². The first-order valence-electron chi connectivity index (χ1n) is 6.14. The number of aromatic nitrogens is 1. The number of nitrogens with two attached hydrogens (primary N) is 1. The molecule has 0 unspecified atom stereocenters. The Bertz CT molecular complexity index is 571. The number of anilines is 1. The lowest BCUT2D eigenvalue weighted by Crippen LogP contribution is -2.37. The number of hydrogen-bond acceptors (Lipinski definition) is 3. The molecule has 1 aromatic heterocycles. The van der Waals surface area contributed by atoms with Gasteiger partial charge in [0.1, 0.15) is 5.69 Å². The summed E-state index contributed by atoms with van der Waals surface area (Å²) >= 11 is 0. The van der Waals surface area contributed by atoms with Crippen molar-refractivity contribution in [3.63, 3.8) is 0 Å². The highest BCUT2D eigenvalue weighted by Crippen LogP contribution is 2.39. The molecule has 1 aliphatic heterocycles. The molecule has 0 aliphatic carbocycles. The molecule has 0 spiro atoms. The Labute approximate surface area is 120 Å². The second-order valence-electron chi connectivity index (χ2n) is 4.96. The number of rotatable bonds is 2. The van der Waals surface area contributed by atoms with E-state index in [0.717, 1.165) is 17.2 Å². The number of hydrogen-bond donors (Lipinski definition) is 1. The number of pyridine rings is 1. The van der Waals surface area contributed by atoms with E-state index in [1.807, 2.05) is 0 Å². The highest BCUT2D eigenvalue weighted by molar-refractivity contribution is 5.78. The van der Waals surface area contributed by atoms with E-state index in [-0.39, 0.29) is 12.2 Å². The molecule has 0 aromatic carbocycles. The van der Waals surface area contributed by atoms with Crippen LogP contribution in [0.3, 0.4) is 0 Å². The van der Waals surface area contributed by atoms with Crippen LogP contribution in [0.1, 0.15) is 5.69 Å². The molecule has 2 N–H and O–H groups in total. The Kier molecular flexibility index (Phi) is 3.96. The summed E-state index contributed by atoms with van der Waals surface area (Å²) in [7, 11) is 0. The zero-order chi connectivity index (χ0) is 16.7. The second kappa shape index (κ2) is 5.33. The lowest BCUT2D eigenvalue weighted by molar-refractivity contribution is -0.181. The smallest absolute Gasteiger partial charge is 0.370 e. The molecule has 4 nitrogen and oxygen atoms in total. The first-order chi connectivity index (χ1) is 10.00. The van der Waals surface area contributed by atoms with E-state index in [2.05, 4.69) is 4.98 Å². The number of amides is 1. The van der Waals surface area contributed by atoms with Crippen molar-refractivity contribution < 1.29 is 31.1 Å². The second-order valence-corrected chi connectivity index (χ2v) is 4.96. The molecule has 122 valence electrons. The SMILES string of the molecule is NC(=O)[C@@H]1CN(c2ccnc(C(F)(F)F)c2)C[C@H]1C(F)(F)F. The van der Waals surface area contributed by atoms with Crippen molar-refractivity contribution >= 4 is 11.6 Å². The summed E-state index contributed by atoms with van der Waals surface area (Å²) in [5.74, 6) is -4.63. The lowest BCUT2D eigenvalue weighted by Gasteiger charge is -2.20. The third-order valence-electron chi connectivity index (χ3n) is 3.50. The molecule has 0 radical (unpaired) electrons. The van der Waals surface area contributed by atoms with Crippen molar-refractivity contribution in [3.8, 4) is 0 Å². The van der Waals surface area contributed by atoms with E-state index in [9.17, 15) is 31.1 Å².